The first-order chi connectivity index (χ1) is 9.41. The molecule has 0 fully saturated rings. The molecule has 0 aliphatic rings. The number of rotatable bonds is 7. The summed E-state index contributed by atoms with van der Waals surface area (Å²) in [4.78, 5) is 23.1. The molecule has 0 saturated heterocycles. The van der Waals surface area contributed by atoms with Gasteiger partial charge in [-0.3, -0.25) is 4.79 Å². The number of carboxylic acids is 1. The molecule has 0 spiro atoms. The van der Waals surface area contributed by atoms with E-state index >= 15 is 0 Å². The number of aryl methyl sites for hydroxylation is 1. The molecule has 5 nitrogen and oxygen atoms in total. The van der Waals surface area contributed by atoms with Crippen molar-refractivity contribution in [2.75, 3.05) is 13.7 Å². The fraction of sp³-hybridized carbons (Fsp3) is 0.467. The van der Waals surface area contributed by atoms with E-state index in [4.69, 9.17) is 9.84 Å². The summed E-state index contributed by atoms with van der Waals surface area (Å²) in [5.74, 6) is -1.45. The quantitative estimate of drug-likeness (QED) is 0.791. The highest BCUT2D eigenvalue weighted by atomic mass is 16.5. The van der Waals surface area contributed by atoms with E-state index < -0.39 is 11.5 Å². The molecule has 0 bridgehead atoms. The second-order valence-electron chi connectivity index (χ2n) is 4.97. The number of carboxylic acid groups (broad SMARTS) is 1. The Labute approximate surface area is 118 Å². The normalized spacial score (nSPS) is 13.6. The van der Waals surface area contributed by atoms with Crippen LogP contribution >= 0.6 is 0 Å². The molecular formula is C15H21NO4. The van der Waals surface area contributed by atoms with E-state index in [1.807, 2.05) is 24.3 Å². The molecule has 0 heterocycles. The largest absolute Gasteiger partial charge is 0.479 e. The molecule has 1 rings (SSSR count). The van der Waals surface area contributed by atoms with Gasteiger partial charge in [-0.15, -0.1) is 0 Å². The molecule has 110 valence electrons. The van der Waals surface area contributed by atoms with Gasteiger partial charge >= 0.3 is 5.97 Å². The van der Waals surface area contributed by atoms with Crippen LogP contribution in [0.1, 0.15) is 25.0 Å². The minimum Gasteiger partial charge on any atom is -0.479 e. The van der Waals surface area contributed by atoms with Crippen molar-refractivity contribution in [3.8, 4) is 0 Å². The van der Waals surface area contributed by atoms with Crippen molar-refractivity contribution in [3.05, 3.63) is 35.4 Å². The zero-order chi connectivity index (χ0) is 15.2. The first-order valence-electron chi connectivity index (χ1n) is 6.52. The Morgan fingerprint density at radius 2 is 1.80 bits per heavy atom. The van der Waals surface area contributed by atoms with Crippen molar-refractivity contribution >= 4 is 11.9 Å². The summed E-state index contributed by atoms with van der Waals surface area (Å²) in [6.07, 6.45) is 1.09. The highest BCUT2D eigenvalue weighted by Gasteiger charge is 2.34. The first kappa shape index (κ1) is 16.2. The van der Waals surface area contributed by atoms with Crippen LogP contribution in [0.5, 0.6) is 0 Å². The molecule has 20 heavy (non-hydrogen) atoms. The second kappa shape index (κ2) is 7.05. The van der Waals surface area contributed by atoms with Gasteiger partial charge in [0.05, 0.1) is 13.0 Å². The Morgan fingerprint density at radius 1 is 1.25 bits per heavy atom. The molecule has 0 aliphatic heterocycles. The van der Waals surface area contributed by atoms with Crippen LogP contribution in [0.25, 0.3) is 0 Å². The number of carbonyl (C=O) groups excluding carboxylic acids is 1. The number of aliphatic carboxylic acids is 1. The van der Waals surface area contributed by atoms with Gasteiger partial charge in [0.15, 0.2) is 5.54 Å². The number of carbonyl (C=O) groups is 2. The molecule has 0 aromatic heterocycles. The molecule has 5 heteroatoms. The lowest BCUT2D eigenvalue weighted by Gasteiger charge is -2.25. The van der Waals surface area contributed by atoms with Gasteiger partial charge < -0.3 is 15.2 Å². The SMILES string of the molecule is CCc1ccc(CC(=O)NC(C)(COC)C(=O)O)cc1. The van der Waals surface area contributed by atoms with Crippen LogP contribution in [0.3, 0.4) is 0 Å². The van der Waals surface area contributed by atoms with E-state index in [0.717, 1.165) is 12.0 Å². The molecule has 0 aliphatic carbocycles. The van der Waals surface area contributed by atoms with Crippen molar-refractivity contribution in [2.45, 2.75) is 32.2 Å². The van der Waals surface area contributed by atoms with E-state index in [1.54, 1.807) is 0 Å². The fourth-order valence-corrected chi connectivity index (χ4v) is 1.87. The number of hydrogen-bond acceptors (Lipinski definition) is 3. The van der Waals surface area contributed by atoms with Gasteiger partial charge in [-0.25, -0.2) is 4.79 Å². The average Bonchev–Trinajstić information content (AvgIpc) is 2.39. The van der Waals surface area contributed by atoms with Crippen LogP contribution in [-0.2, 0) is 27.2 Å². The summed E-state index contributed by atoms with van der Waals surface area (Å²) >= 11 is 0. The zero-order valence-corrected chi connectivity index (χ0v) is 12.1. The molecule has 1 atom stereocenters. The lowest BCUT2D eigenvalue weighted by atomic mass is 10.0. The van der Waals surface area contributed by atoms with E-state index in [9.17, 15) is 9.59 Å². The number of benzene rings is 1. The van der Waals surface area contributed by atoms with E-state index in [1.165, 1.54) is 19.6 Å². The molecule has 1 unspecified atom stereocenters. The van der Waals surface area contributed by atoms with Crippen LogP contribution in [0.2, 0.25) is 0 Å². The Morgan fingerprint density at radius 3 is 2.25 bits per heavy atom. The Balaban J connectivity index is 2.67. The predicted octanol–water partition coefficient (Wildman–Crippen LogP) is 1.40. The maximum atomic E-state index is 11.9. The van der Waals surface area contributed by atoms with Crippen molar-refractivity contribution in [2.24, 2.45) is 0 Å². The summed E-state index contributed by atoms with van der Waals surface area (Å²) in [6, 6.07) is 7.70. The fourth-order valence-electron chi connectivity index (χ4n) is 1.87. The number of methoxy groups -OCH3 is 1. The molecule has 0 radical (unpaired) electrons. The number of ether oxygens (including phenoxy) is 1. The molecule has 1 aromatic rings. The van der Waals surface area contributed by atoms with Gasteiger partial charge in [0, 0.05) is 7.11 Å². The van der Waals surface area contributed by atoms with Gasteiger partial charge in [0.25, 0.3) is 0 Å². The van der Waals surface area contributed by atoms with E-state index in [2.05, 4.69) is 12.2 Å². The van der Waals surface area contributed by atoms with Crippen molar-refractivity contribution in [3.63, 3.8) is 0 Å². The third kappa shape index (κ3) is 4.35. The van der Waals surface area contributed by atoms with Crippen LogP contribution in [0, 0.1) is 0 Å². The number of amides is 1. The minimum absolute atomic E-state index is 0.0805. The molecule has 1 aromatic carbocycles. The van der Waals surface area contributed by atoms with Gasteiger partial charge in [0.1, 0.15) is 0 Å². The van der Waals surface area contributed by atoms with Crippen LogP contribution in [-0.4, -0.2) is 36.2 Å². The lowest BCUT2D eigenvalue weighted by Crippen LogP contribution is -2.55. The zero-order valence-electron chi connectivity index (χ0n) is 12.1. The summed E-state index contributed by atoms with van der Waals surface area (Å²) in [5.41, 5.74) is 0.642. The van der Waals surface area contributed by atoms with Gasteiger partial charge in [0.2, 0.25) is 5.91 Å². The maximum absolute atomic E-state index is 11.9. The third-order valence-electron chi connectivity index (χ3n) is 3.12. The van der Waals surface area contributed by atoms with Crippen LogP contribution in [0.4, 0.5) is 0 Å². The van der Waals surface area contributed by atoms with Gasteiger partial charge in [-0.05, 0) is 24.5 Å². The van der Waals surface area contributed by atoms with Crippen molar-refractivity contribution in [1.29, 1.82) is 0 Å². The van der Waals surface area contributed by atoms with Crippen LogP contribution in [0.15, 0.2) is 24.3 Å². The summed E-state index contributed by atoms with van der Waals surface area (Å²) in [7, 11) is 1.40. The first-order valence-corrected chi connectivity index (χ1v) is 6.52. The molecular weight excluding hydrogens is 258 g/mol. The number of hydrogen-bond donors (Lipinski definition) is 2. The molecule has 0 saturated carbocycles. The van der Waals surface area contributed by atoms with Crippen molar-refractivity contribution in [1.82, 2.24) is 5.32 Å². The average molecular weight is 279 g/mol. The number of nitrogens with one attached hydrogen (secondary N) is 1. The highest BCUT2D eigenvalue weighted by molar-refractivity contribution is 5.87. The predicted molar refractivity (Wildman–Crippen MR) is 75.6 cm³/mol. The summed E-state index contributed by atoms with van der Waals surface area (Å²) < 4.78 is 4.85. The summed E-state index contributed by atoms with van der Waals surface area (Å²) in [5, 5.41) is 11.7. The Kier molecular flexibility index (Phi) is 5.70. The topological polar surface area (TPSA) is 75.6 Å². The van der Waals surface area contributed by atoms with E-state index in [-0.39, 0.29) is 18.9 Å². The summed E-state index contributed by atoms with van der Waals surface area (Å²) in [6.45, 7) is 3.41. The lowest BCUT2D eigenvalue weighted by molar-refractivity contribution is -0.149. The van der Waals surface area contributed by atoms with Gasteiger partial charge in [-0.2, -0.15) is 0 Å². The smallest absolute Gasteiger partial charge is 0.331 e. The van der Waals surface area contributed by atoms with Crippen molar-refractivity contribution < 1.29 is 19.4 Å². The molecule has 2 N–H and O–H groups in total. The molecule has 1 amide bonds. The third-order valence-corrected chi connectivity index (χ3v) is 3.12. The Bertz CT molecular complexity index is 469. The minimum atomic E-state index is -1.41. The van der Waals surface area contributed by atoms with Crippen LogP contribution < -0.4 is 5.32 Å². The highest BCUT2D eigenvalue weighted by Crippen LogP contribution is 2.08. The van der Waals surface area contributed by atoms with Gasteiger partial charge in [-0.1, -0.05) is 31.2 Å². The van der Waals surface area contributed by atoms with E-state index in [0.29, 0.717) is 0 Å². The standard InChI is InChI=1S/C15H21NO4/c1-4-11-5-7-12(8-6-11)9-13(17)16-15(2,10-20-3)14(18)19/h5-8H,4,9-10H2,1-3H3,(H,16,17)(H,18,19). The second-order valence-corrected chi connectivity index (χ2v) is 4.97. The monoisotopic (exact) mass is 279 g/mol. The maximum Gasteiger partial charge on any atom is 0.331 e. The Hall–Kier alpha value is -1.88.